The summed E-state index contributed by atoms with van der Waals surface area (Å²) in [5.41, 5.74) is -1.88. The molecule has 0 bridgehead atoms. The molecule has 1 atom stereocenters. The summed E-state index contributed by atoms with van der Waals surface area (Å²) in [7, 11) is 1.73. The first-order valence-corrected chi connectivity index (χ1v) is 6.72. The molecule has 2 amide bonds. The van der Waals surface area contributed by atoms with Gasteiger partial charge in [-0.2, -0.15) is 0 Å². The number of carbonyl (C=O) groups excluding carboxylic acids is 1. The summed E-state index contributed by atoms with van der Waals surface area (Å²) < 4.78 is 0. The first kappa shape index (κ1) is 17.7. The summed E-state index contributed by atoms with van der Waals surface area (Å²) in [5.74, 6) is -0.506. The molecule has 0 aliphatic heterocycles. The van der Waals surface area contributed by atoms with Crippen molar-refractivity contribution >= 4 is 12.0 Å². The number of carboxylic acids is 1. The number of hydrogen-bond donors (Lipinski definition) is 2. The van der Waals surface area contributed by atoms with Gasteiger partial charge in [0.05, 0.1) is 11.0 Å². The fraction of sp³-hybridized carbons (Fsp3) is 0.857. The normalized spacial score (nSPS) is 13.8. The molecule has 5 heteroatoms. The SMILES string of the molecule is CCC(C)CN(C)C(=O)NC(C)(C)C(C)(C)C(=O)O. The van der Waals surface area contributed by atoms with E-state index in [2.05, 4.69) is 19.2 Å². The first-order chi connectivity index (χ1) is 8.45. The zero-order valence-corrected chi connectivity index (χ0v) is 13.2. The van der Waals surface area contributed by atoms with Crippen molar-refractivity contribution < 1.29 is 14.7 Å². The number of amides is 2. The third kappa shape index (κ3) is 4.40. The highest BCUT2D eigenvalue weighted by molar-refractivity contribution is 5.79. The number of nitrogens with zero attached hydrogens (tertiary/aromatic N) is 1. The molecule has 112 valence electrons. The van der Waals surface area contributed by atoms with E-state index in [1.807, 2.05) is 0 Å². The van der Waals surface area contributed by atoms with Crippen LogP contribution in [0.25, 0.3) is 0 Å². The van der Waals surface area contributed by atoms with Crippen LogP contribution >= 0.6 is 0 Å². The zero-order chi connectivity index (χ0) is 15.4. The minimum atomic E-state index is -1.04. The molecule has 0 spiro atoms. The van der Waals surface area contributed by atoms with Crippen molar-refractivity contribution in [2.24, 2.45) is 11.3 Å². The molecule has 5 nitrogen and oxygen atoms in total. The van der Waals surface area contributed by atoms with E-state index in [9.17, 15) is 14.7 Å². The molecule has 0 aromatic rings. The quantitative estimate of drug-likeness (QED) is 0.780. The van der Waals surface area contributed by atoms with Crippen LogP contribution in [0.15, 0.2) is 0 Å². The Morgan fingerprint density at radius 3 is 2.11 bits per heavy atom. The molecule has 0 saturated carbocycles. The standard InChI is InChI=1S/C14H28N2O3/c1-8-10(2)9-16(7)12(19)15-14(5,6)13(3,4)11(17)18/h10H,8-9H2,1-7H3,(H,15,19)(H,17,18). The number of carboxylic acid groups (broad SMARTS) is 1. The van der Waals surface area contributed by atoms with Crippen molar-refractivity contribution in [3.63, 3.8) is 0 Å². The lowest BCUT2D eigenvalue weighted by Crippen LogP contribution is -2.59. The van der Waals surface area contributed by atoms with Gasteiger partial charge in [0.2, 0.25) is 0 Å². The smallest absolute Gasteiger partial charge is 0.317 e. The molecule has 19 heavy (non-hydrogen) atoms. The van der Waals surface area contributed by atoms with Gasteiger partial charge in [0, 0.05) is 13.6 Å². The summed E-state index contributed by atoms with van der Waals surface area (Å²) in [6, 6.07) is -0.236. The van der Waals surface area contributed by atoms with Crippen LogP contribution in [0.3, 0.4) is 0 Å². The van der Waals surface area contributed by atoms with E-state index in [1.165, 1.54) is 0 Å². The minimum Gasteiger partial charge on any atom is -0.481 e. The number of rotatable bonds is 6. The highest BCUT2D eigenvalue weighted by Gasteiger charge is 2.44. The van der Waals surface area contributed by atoms with Crippen LogP contribution in [0.1, 0.15) is 48.0 Å². The summed E-state index contributed by atoms with van der Waals surface area (Å²) in [4.78, 5) is 25.0. The maximum absolute atomic E-state index is 12.1. The second-order valence-electron chi connectivity index (χ2n) is 6.38. The van der Waals surface area contributed by atoms with E-state index in [0.717, 1.165) is 6.42 Å². The van der Waals surface area contributed by atoms with Gasteiger partial charge >= 0.3 is 12.0 Å². The fourth-order valence-corrected chi connectivity index (χ4v) is 1.47. The predicted octanol–water partition coefficient (Wildman–Crippen LogP) is 2.56. The van der Waals surface area contributed by atoms with Gasteiger partial charge in [0.25, 0.3) is 0 Å². The molecule has 0 aromatic carbocycles. The van der Waals surface area contributed by atoms with Crippen LogP contribution in [-0.2, 0) is 4.79 Å². The summed E-state index contributed by atoms with van der Waals surface area (Å²) in [6.07, 6.45) is 1.00. The van der Waals surface area contributed by atoms with Crippen LogP contribution in [0.5, 0.6) is 0 Å². The Morgan fingerprint density at radius 1 is 1.26 bits per heavy atom. The average molecular weight is 272 g/mol. The van der Waals surface area contributed by atoms with Crippen LogP contribution in [0.2, 0.25) is 0 Å². The van der Waals surface area contributed by atoms with E-state index in [4.69, 9.17) is 0 Å². The summed E-state index contributed by atoms with van der Waals surface area (Å²) >= 11 is 0. The Morgan fingerprint density at radius 2 is 1.74 bits per heavy atom. The Balaban J connectivity index is 4.75. The van der Waals surface area contributed by atoms with E-state index in [1.54, 1.807) is 39.6 Å². The van der Waals surface area contributed by atoms with E-state index < -0.39 is 16.9 Å². The number of aliphatic carboxylic acids is 1. The van der Waals surface area contributed by atoms with Gasteiger partial charge < -0.3 is 15.3 Å². The molecule has 0 saturated heterocycles. The van der Waals surface area contributed by atoms with Gasteiger partial charge in [-0.05, 0) is 33.6 Å². The first-order valence-electron chi connectivity index (χ1n) is 6.72. The molecule has 1 unspecified atom stereocenters. The average Bonchev–Trinajstić information content (AvgIpc) is 2.27. The monoisotopic (exact) mass is 272 g/mol. The van der Waals surface area contributed by atoms with Gasteiger partial charge in [0.1, 0.15) is 0 Å². The van der Waals surface area contributed by atoms with Crippen molar-refractivity contribution in [1.82, 2.24) is 10.2 Å². The Hall–Kier alpha value is -1.26. The largest absolute Gasteiger partial charge is 0.481 e. The van der Waals surface area contributed by atoms with Gasteiger partial charge in [-0.1, -0.05) is 20.3 Å². The molecule has 0 fully saturated rings. The van der Waals surface area contributed by atoms with Crippen LogP contribution in [0.4, 0.5) is 4.79 Å². The van der Waals surface area contributed by atoms with Crippen molar-refractivity contribution in [2.45, 2.75) is 53.5 Å². The van der Waals surface area contributed by atoms with E-state index in [-0.39, 0.29) is 6.03 Å². The number of hydrogen-bond acceptors (Lipinski definition) is 2. The van der Waals surface area contributed by atoms with Crippen LogP contribution in [-0.4, -0.2) is 41.1 Å². The van der Waals surface area contributed by atoms with Gasteiger partial charge in [-0.15, -0.1) is 0 Å². The maximum atomic E-state index is 12.1. The molecule has 0 radical (unpaired) electrons. The zero-order valence-electron chi connectivity index (χ0n) is 13.2. The highest BCUT2D eigenvalue weighted by Crippen LogP contribution is 2.30. The van der Waals surface area contributed by atoms with Gasteiger partial charge in [0.15, 0.2) is 0 Å². The van der Waals surface area contributed by atoms with Gasteiger partial charge in [-0.25, -0.2) is 4.79 Å². The molecular weight excluding hydrogens is 244 g/mol. The second-order valence-corrected chi connectivity index (χ2v) is 6.38. The molecule has 0 aromatic heterocycles. The van der Waals surface area contributed by atoms with Crippen molar-refractivity contribution in [2.75, 3.05) is 13.6 Å². The fourth-order valence-electron chi connectivity index (χ4n) is 1.47. The molecule has 0 heterocycles. The Bertz CT molecular complexity index is 338. The second kappa shape index (κ2) is 6.26. The molecule has 0 rings (SSSR count). The third-order valence-corrected chi connectivity index (χ3v) is 4.15. The van der Waals surface area contributed by atoms with E-state index in [0.29, 0.717) is 12.5 Å². The molecule has 0 aliphatic carbocycles. The minimum absolute atomic E-state index is 0.236. The molecule has 2 N–H and O–H groups in total. The lowest BCUT2D eigenvalue weighted by molar-refractivity contribution is -0.150. The number of urea groups is 1. The lowest BCUT2D eigenvalue weighted by Gasteiger charge is -2.40. The predicted molar refractivity (Wildman–Crippen MR) is 76.1 cm³/mol. The third-order valence-electron chi connectivity index (χ3n) is 4.15. The van der Waals surface area contributed by atoms with Crippen molar-refractivity contribution in [1.29, 1.82) is 0 Å². The van der Waals surface area contributed by atoms with Gasteiger partial charge in [-0.3, -0.25) is 4.79 Å². The highest BCUT2D eigenvalue weighted by atomic mass is 16.4. The maximum Gasteiger partial charge on any atom is 0.317 e. The van der Waals surface area contributed by atoms with Crippen molar-refractivity contribution in [3.8, 4) is 0 Å². The van der Waals surface area contributed by atoms with Crippen LogP contribution in [0, 0.1) is 11.3 Å². The summed E-state index contributed by atoms with van der Waals surface area (Å²) in [5, 5.41) is 12.1. The Kier molecular flexibility index (Phi) is 5.84. The molecular formula is C14H28N2O3. The van der Waals surface area contributed by atoms with Crippen LogP contribution < -0.4 is 5.32 Å². The Labute approximate surface area is 116 Å². The topological polar surface area (TPSA) is 69.6 Å². The summed E-state index contributed by atoms with van der Waals surface area (Å²) in [6.45, 7) is 11.5. The number of carbonyl (C=O) groups is 2. The van der Waals surface area contributed by atoms with Crippen molar-refractivity contribution in [3.05, 3.63) is 0 Å². The van der Waals surface area contributed by atoms with E-state index >= 15 is 0 Å². The molecule has 0 aliphatic rings. The number of nitrogens with one attached hydrogen (secondary N) is 1. The lowest BCUT2D eigenvalue weighted by atomic mass is 9.74.